The number of carbonyl (C=O) groups is 1. The summed E-state index contributed by atoms with van der Waals surface area (Å²) in [5.74, 6) is -0.0773. The highest BCUT2D eigenvalue weighted by Gasteiger charge is 2.18. The predicted molar refractivity (Wildman–Crippen MR) is 74.7 cm³/mol. The maximum absolute atomic E-state index is 12.0. The van der Waals surface area contributed by atoms with Crippen molar-refractivity contribution in [1.82, 2.24) is 10.6 Å². The molecule has 0 aromatic heterocycles. The lowest BCUT2D eigenvalue weighted by molar-refractivity contribution is -0.118. The molecule has 0 bridgehead atoms. The van der Waals surface area contributed by atoms with Crippen LogP contribution in [-0.2, 0) is 11.2 Å². The Kier molecular flexibility index (Phi) is 4.71. The van der Waals surface area contributed by atoms with E-state index in [1.54, 1.807) is 0 Å². The van der Waals surface area contributed by atoms with Crippen molar-refractivity contribution >= 4 is 5.91 Å². The van der Waals surface area contributed by atoms with Crippen LogP contribution in [0.5, 0.6) is 0 Å². The standard InChI is InChI=1S/C15H20N2O2/c1-11(13-8-16-9-13)15(19)17-14(10-18)7-12-5-3-2-4-6-12/h2-6,14,16,18H,7-10H2,1H3,(H,17,19)/t14-/m0/s1. The lowest BCUT2D eigenvalue weighted by atomic mass is 10.0. The zero-order chi connectivity index (χ0) is 13.7. The highest BCUT2D eigenvalue weighted by Crippen LogP contribution is 2.10. The average molecular weight is 260 g/mol. The molecule has 1 aromatic carbocycles. The van der Waals surface area contributed by atoms with Gasteiger partial charge in [0.15, 0.2) is 0 Å². The molecule has 102 valence electrons. The molecule has 4 nitrogen and oxygen atoms in total. The van der Waals surface area contributed by atoms with Gasteiger partial charge in [0.1, 0.15) is 0 Å². The second kappa shape index (κ2) is 6.50. The van der Waals surface area contributed by atoms with Crippen molar-refractivity contribution in [3.05, 3.63) is 47.0 Å². The molecule has 0 saturated carbocycles. The first-order chi connectivity index (χ1) is 9.20. The van der Waals surface area contributed by atoms with Crippen molar-refractivity contribution in [3.8, 4) is 0 Å². The van der Waals surface area contributed by atoms with E-state index in [1.807, 2.05) is 37.3 Å². The van der Waals surface area contributed by atoms with Crippen molar-refractivity contribution in [2.75, 3.05) is 19.7 Å². The Bertz CT molecular complexity index is 462. The van der Waals surface area contributed by atoms with Gasteiger partial charge in [0.2, 0.25) is 5.91 Å². The minimum Gasteiger partial charge on any atom is -0.394 e. The third-order valence-corrected chi connectivity index (χ3v) is 3.43. The van der Waals surface area contributed by atoms with Gasteiger partial charge in [-0.25, -0.2) is 0 Å². The van der Waals surface area contributed by atoms with E-state index in [0.717, 1.165) is 29.8 Å². The molecule has 1 heterocycles. The normalized spacial score (nSPS) is 15.6. The van der Waals surface area contributed by atoms with E-state index in [-0.39, 0.29) is 18.6 Å². The summed E-state index contributed by atoms with van der Waals surface area (Å²) in [6.45, 7) is 3.37. The summed E-state index contributed by atoms with van der Waals surface area (Å²) < 4.78 is 0. The number of hydrogen-bond acceptors (Lipinski definition) is 3. The molecule has 0 spiro atoms. The van der Waals surface area contributed by atoms with Gasteiger partial charge in [-0.1, -0.05) is 30.3 Å². The summed E-state index contributed by atoms with van der Waals surface area (Å²) in [7, 11) is 0. The second-order valence-corrected chi connectivity index (χ2v) is 4.87. The van der Waals surface area contributed by atoms with Crippen molar-refractivity contribution < 1.29 is 9.90 Å². The quantitative estimate of drug-likeness (QED) is 0.680. The zero-order valence-corrected chi connectivity index (χ0v) is 11.1. The number of nitrogens with one attached hydrogen (secondary N) is 2. The van der Waals surface area contributed by atoms with Gasteiger partial charge in [-0.2, -0.15) is 0 Å². The van der Waals surface area contributed by atoms with Gasteiger partial charge in [-0.05, 0) is 24.5 Å². The van der Waals surface area contributed by atoms with Gasteiger partial charge in [0.05, 0.1) is 12.6 Å². The Balaban J connectivity index is 1.94. The Labute approximate surface area is 113 Å². The number of carbonyl (C=O) groups excluding carboxylic acids is 1. The maximum Gasteiger partial charge on any atom is 0.247 e. The molecular formula is C15H20N2O2. The fourth-order valence-electron chi connectivity index (χ4n) is 2.03. The summed E-state index contributed by atoms with van der Waals surface area (Å²) >= 11 is 0. The molecular weight excluding hydrogens is 240 g/mol. The lowest BCUT2D eigenvalue weighted by Gasteiger charge is -2.23. The third-order valence-electron chi connectivity index (χ3n) is 3.43. The fraction of sp³-hybridized carbons (Fsp3) is 0.400. The molecule has 1 aromatic rings. The largest absolute Gasteiger partial charge is 0.394 e. The first-order valence-electron chi connectivity index (χ1n) is 6.55. The van der Waals surface area contributed by atoms with E-state index in [4.69, 9.17) is 0 Å². The van der Waals surface area contributed by atoms with Crippen LogP contribution >= 0.6 is 0 Å². The maximum atomic E-state index is 12.0. The number of rotatable bonds is 5. The summed E-state index contributed by atoms with van der Waals surface area (Å²) in [5.41, 5.74) is 3.02. The summed E-state index contributed by atoms with van der Waals surface area (Å²) in [5, 5.41) is 15.4. The third kappa shape index (κ3) is 3.66. The highest BCUT2D eigenvalue weighted by molar-refractivity contribution is 5.94. The summed E-state index contributed by atoms with van der Waals surface area (Å²) in [6.07, 6.45) is 0.643. The molecule has 1 amide bonds. The Morgan fingerprint density at radius 2 is 2.05 bits per heavy atom. The highest BCUT2D eigenvalue weighted by atomic mass is 16.3. The topological polar surface area (TPSA) is 61.4 Å². The number of aliphatic hydroxyl groups excluding tert-OH is 1. The van der Waals surface area contributed by atoms with Crippen molar-refractivity contribution in [3.63, 3.8) is 0 Å². The van der Waals surface area contributed by atoms with Crippen molar-refractivity contribution in [1.29, 1.82) is 0 Å². The number of hydrogen-bond donors (Lipinski definition) is 3. The van der Waals surface area contributed by atoms with Gasteiger partial charge in [-0.3, -0.25) is 4.79 Å². The van der Waals surface area contributed by atoms with E-state index in [2.05, 4.69) is 10.6 Å². The summed E-state index contributed by atoms with van der Waals surface area (Å²) in [6, 6.07) is 9.62. The number of benzene rings is 1. The molecule has 3 N–H and O–H groups in total. The molecule has 19 heavy (non-hydrogen) atoms. The van der Waals surface area contributed by atoms with Crippen LogP contribution in [0.4, 0.5) is 0 Å². The lowest BCUT2D eigenvalue weighted by Crippen LogP contribution is -2.42. The Morgan fingerprint density at radius 1 is 1.37 bits per heavy atom. The average Bonchev–Trinajstić information content (AvgIpc) is 2.37. The van der Waals surface area contributed by atoms with E-state index in [0.29, 0.717) is 6.42 Å². The minimum absolute atomic E-state index is 0.0541. The van der Waals surface area contributed by atoms with Gasteiger partial charge in [0, 0.05) is 18.7 Å². The van der Waals surface area contributed by atoms with Crippen LogP contribution in [-0.4, -0.2) is 36.8 Å². The number of amides is 1. The molecule has 1 atom stereocenters. The smallest absolute Gasteiger partial charge is 0.247 e. The molecule has 1 saturated heterocycles. The van der Waals surface area contributed by atoms with E-state index in [1.165, 1.54) is 0 Å². The van der Waals surface area contributed by atoms with E-state index >= 15 is 0 Å². The Hall–Kier alpha value is -1.65. The van der Waals surface area contributed by atoms with Gasteiger partial charge in [-0.15, -0.1) is 0 Å². The van der Waals surface area contributed by atoms with Gasteiger partial charge in [0.25, 0.3) is 0 Å². The van der Waals surface area contributed by atoms with Crippen LogP contribution < -0.4 is 10.6 Å². The molecule has 1 fully saturated rings. The van der Waals surface area contributed by atoms with Crippen LogP contribution in [0.15, 0.2) is 41.5 Å². The first-order valence-corrected chi connectivity index (χ1v) is 6.55. The fourth-order valence-corrected chi connectivity index (χ4v) is 2.03. The molecule has 4 heteroatoms. The van der Waals surface area contributed by atoms with Crippen molar-refractivity contribution in [2.45, 2.75) is 19.4 Å². The van der Waals surface area contributed by atoms with Crippen molar-refractivity contribution in [2.24, 2.45) is 0 Å². The molecule has 1 aliphatic rings. The van der Waals surface area contributed by atoms with Gasteiger partial charge >= 0.3 is 0 Å². The molecule has 0 radical (unpaired) electrons. The molecule has 1 aliphatic heterocycles. The van der Waals surface area contributed by atoms with Crippen LogP contribution in [0.25, 0.3) is 0 Å². The van der Waals surface area contributed by atoms with Crippen LogP contribution in [0.3, 0.4) is 0 Å². The monoisotopic (exact) mass is 260 g/mol. The van der Waals surface area contributed by atoms with E-state index < -0.39 is 0 Å². The first kappa shape index (κ1) is 13.8. The number of aliphatic hydroxyl groups is 1. The van der Waals surface area contributed by atoms with Crippen LogP contribution in [0, 0.1) is 0 Å². The predicted octanol–water partition coefficient (Wildman–Crippen LogP) is 0.626. The Morgan fingerprint density at radius 3 is 2.58 bits per heavy atom. The molecule has 2 rings (SSSR count). The minimum atomic E-state index is -0.238. The summed E-state index contributed by atoms with van der Waals surface area (Å²) in [4.78, 5) is 12.0. The van der Waals surface area contributed by atoms with Crippen LogP contribution in [0.2, 0.25) is 0 Å². The SMILES string of the molecule is CC(C(=O)N[C@H](CO)Cc1ccccc1)=C1CNC1. The van der Waals surface area contributed by atoms with Crippen LogP contribution in [0.1, 0.15) is 12.5 Å². The van der Waals surface area contributed by atoms with Gasteiger partial charge < -0.3 is 15.7 Å². The second-order valence-electron chi connectivity index (χ2n) is 4.87. The molecule has 0 aliphatic carbocycles. The molecule has 0 unspecified atom stereocenters. The zero-order valence-electron chi connectivity index (χ0n) is 11.1. The van der Waals surface area contributed by atoms with E-state index in [9.17, 15) is 9.90 Å².